The molecular weight excluding hydrogens is 416 g/mol. The third kappa shape index (κ3) is 6.75. The summed E-state index contributed by atoms with van der Waals surface area (Å²) >= 11 is 0. The lowest BCUT2D eigenvalue weighted by Crippen LogP contribution is -2.25. The van der Waals surface area contributed by atoms with Crippen LogP contribution in [0.1, 0.15) is 57.8 Å². The Labute approximate surface area is 195 Å². The number of aromatic nitrogens is 2. The molecule has 0 radical (unpaired) electrons. The number of azo groups is 1. The highest BCUT2D eigenvalue weighted by atomic mass is 16.1. The maximum atomic E-state index is 11.8. The molecule has 1 N–H and O–H groups in total. The summed E-state index contributed by atoms with van der Waals surface area (Å²) in [4.78, 5) is 18.3. The lowest BCUT2D eigenvalue weighted by atomic mass is 10.2. The highest BCUT2D eigenvalue weighted by Crippen LogP contribution is 2.32. The first kappa shape index (κ1) is 25.3. The number of imidazole rings is 1. The molecule has 0 aliphatic heterocycles. The maximum Gasteiger partial charge on any atom is 0.252 e. The van der Waals surface area contributed by atoms with E-state index in [4.69, 9.17) is 0 Å². The molecule has 33 heavy (non-hydrogen) atoms. The first-order chi connectivity index (χ1) is 16.0. The molecule has 0 unspecified atom stereocenters. The summed E-state index contributed by atoms with van der Waals surface area (Å²) in [7, 11) is 0. The number of hydrogen-bond donors (Lipinski definition) is 1. The van der Waals surface area contributed by atoms with E-state index in [1.807, 2.05) is 24.3 Å². The van der Waals surface area contributed by atoms with Gasteiger partial charge in [-0.05, 0) is 31.0 Å². The number of rotatable bonds is 12. The van der Waals surface area contributed by atoms with Crippen molar-refractivity contribution >= 4 is 28.9 Å². The number of hydrogen-bond acceptors (Lipinski definition) is 7. The van der Waals surface area contributed by atoms with Gasteiger partial charge >= 0.3 is 0 Å². The summed E-state index contributed by atoms with van der Waals surface area (Å²) in [6.07, 6.45) is 5.94. The molecular formula is C24H30N8O. The van der Waals surface area contributed by atoms with Gasteiger partial charge in [0.25, 0.3) is 5.95 Å². The van der Waals surface area contributed by atoms with E-state index in [0.29, 0.717) is 11.4 Å². The molecule has 0 bridgehead atoms. The zero-order valence-electron chi connectivity index (χ0n) is 19.5. The first-order valence-electron chi connectivity index (χ1n) is 11.1. The minimum absolute atomic E-state index is 0.0202. The average molecular weight is 447 g/mol. The Kier molecular flexibility index (Phi) is 9.79. The summed E-state index contributed by atoms with van der Waals surface area (Å²) in [6, 6.07) is 9.54. The van der Waals surface area contributed by atoms with Crippen molar-refractivity contribution in [2.24, 2.45) is 10.2 Å². The van der Waals surface area contributed by atoms with Gasteiger partial charge in [0.1, 0.15) is 17.8 Å². The predicted molar refractivity (Wildman–Crippen MR) is 129 cm³/mol. The van der Waals surface area contributed by atoms with E-state index in [2.05, 4.69) is 45.9 Å². The van der Waals surface area contributed by atoms with Crippen LogP contribution in [0.25, 0.3) is 0 Å². The summed E-state index contributed by atoms with van der Waals surface area (Å²) in [6.45, 7) is 11.6. The average Bonchev–Trinajstić information content (AvgIpc) is 3.14. The molecule has 0 fully saturated rings. The second kappa shape index (κ2) is 12.8. The van der Waals surface area contributed by atoms with Crippen molar-refractivity contribution in [3.05, 3.63) is 42.2 Å². The Morgan fingerprint density at radius 3 is 2.45 bits per heavy atom. The molecule has 0 aliphatic rings. The van der Waals surface area contributed by atoms with Crippen LogP contribution >= 0.6 is 0 Å². The number of unbranched alkanes of at least 4 members (excludes halogenated alkanes) is 2. The molecule has 2 rings (SSSR count). The zero-order valence-corrected chi connectivity index (χ0v) is 19.5. The van der Waals surface area contributed by atoms with Crippen LogP contribution < -0.4 is 10.2 Å². The normalized spacial score (nSPS) is 10.6. The van der Waals surface area contributed by atoms with Crippen molar-refractivity contribution in [3.8, 4) is 12.1 Å². The number of nitriles is 2. The van der Waals surface area contributed by atoms with Crippen LogP contribution in [-0.2, 0) is 11.3 Å². The maximum absolute atomic E-state index is 11.8. The highest BCUT2D eigenvalue weighted by Gasteiger charge is 2.16. The lowest BCUT2D eigenvalue weighted by molar-refractivity contribution is -0.114. The molecule has 9 heteroatoms. The van der Waals surface area contributed by atoms with Gasteiger partial charge in [-0.25, -0.2) is 0 Å². The zero-order chi connectivity index (χ0) is 24.2. The Hall–Kier alpha value is -3.98. The van der Waals surface area contributed by atoms with Crippen LogP contribution in [-0.4, -0.2) is 28.5 Å². The predicted octanol–water partition coefficient (Wildman–Crippen LogP) is 5.59. The second-order valence-corrected chi connectivity index (χ2v) is 7.51. The van der Waals surface area contributed by atoms with Crippen molar-refractivity contribution in [2.75, 3.05) is 23.3 Å². The quantitative estimate of drug-likeness (QED) is 0.336. The molecule has 0 saturated heterocycles. The molecule has 1 heterocycles. The van der Waals surface area contributed by atoms with Crippen molar-refractivity contribution in [2.45, 2.75) is 53.0 Å². The monoisotopic (exact) mass is 446 g/mol. The van der Waals surface area contributed by atoms with Crippen LogP contribution in [0.5, 0.6) is 0 Å². The van der Waals surface area contributed by atoms with Gasteiger partial charge in [-0.2, -0.15) is 15.5 Å². The Balaban J connectivity index is 2.46. The Morgan fingerprint density at radius 1 is 1.21 bits per heavy atom. The van der Waals surface area contributed by atoms with E-state index in [9.17, 15) is 15.3 Å². The number of carbonyl (C=O) groups excluding carboxylic acids is 1. The minimum atomic E-state index is -0.219. The van der Waals surface area contributed by atoms with Crippen molar-refractivity contribution < 1.29 is 4.79 Å². The van der Waals surface area contributed by atoms with Crippen LogP contribution in [0.3, 0.4) is 0 Å². The number of nitrogens with zero attached hydrogens (tertiary/aromatic N) is 7. The molecule has 0 spiro atoms. The van der Waals surface area contributed by atoms with Crippen molar-refractivity contribution in [3.63, 3.8) is 0 Å². The van der Waals surface area contributed by atoms with E-state index < -0.39 is 0 Å². The molecule has 1 amide bonds. The SMILES string of the molecule is C=CCn1c(/N=N/c2ccc(N(CCCC)CCCC)cc2NC(C)=O)nc(C#N)c1C#N. The molecule has 172 valence electrons. The van der Waals surface area contributed by atoms with Gasteiger partial charge in [-0.3, -0.25) is 9.36 Å². The third-order valence-electron chi connectivity index (χ3n) is 4.94. The molecule has 1 aromatic heterocycles. The standard InChI is InChI=1S/C24H30N8O/c1-5-8-13-31(14-9-6-2)19-10-11-20(21(15-19)27-18(4)33)29-30-24-28-22(16-25)23(17-26)32(24)12-7-3/h7,10-11,15H,3,5-6,8-9,12-14H2,1-2,4H3,(H,27,33)/b30-29+. The first-order valence-corrected chi connectivity index (χ1v) is 11.1. The van der Waals surface area contributed by atoms with Gasteiger partial charge < -0.3 is 10.2 Å². The van der Waals surface area contributed by atoms with Gasteiger partial charge in [0.15, 0.2) is 11.4 Å². The molecule has 0 atom stereocenters. The Bertz CT molecular complexity index is 1080. The lowest BCUT2D eigenvalue weighted by Gasteiger charge is -2.25. The topological polar surface area (TPSA) is 122 Å². The largest absolute Gasteiger partial charge is 0.371 e. The second-order valence-electron chi connectivity index (χ2n) is 7.51. The van der Waals surface area contributed by atoms with E-state index in [-0.39, 0.29) is 29.8 Å². The fourth-order valence-electron chi connectivity index (χ4n) is 3.28. The molecule has 1 aromatic carbocycles. The van der Waals surface area contributed by atoms with Crippen molar-refractivity contribution in [1.82, 2.24) is 9.55 Å². The van der Waals surface area contributed by atoms with E-state index in [0.717, 1.165) is 44.5 Å². The number of allylic oxidation sites excluding steroid dienone is 1. The van der Waals surface area contributed by atoms with Crippen molar-refractivity contribution in [1.29, 1.82) is 10.5 Å². The van der Waals surface area contributed by atoms with Gasteiger partial charge in [0.2, 0.25) is 5.91 Å². The smallest absolute Gasteiger partial charge is 0.252 e. The van der Waals surface area contributed by atoms with Crippen LogP contribution in [0.15, 0.2) is 41.1 Å². The van der Waals surface area contributed by atoms with Crippen LogP contribution in [0.2, 0.25) is 0 Å². The third-order valence-corrected chi connectivity index (χ3v) is 4.94. The van der Waals surface area contributed by atoms with Crippen LogP contribution in [0.4, 0.5) is 23.0 Å². The fraction of sp³-hybridized carbons (Fsp3) is 0.417. The summed E-state index contributed by atoms with van der Waals surface area (Å²) in [5.41, 5.74) is 2.07. The number of nitrogens with one attached hydrogen (secondary N) is 1. The van der Waals surface area contributed by atoms with E-state index in [1.54, 1.807) is 12.1 Å². The van der Waals surface area contributed by atoms with E-state index in [1.165, 1.54) is 11.5 Å². The number of carbonyl (C=O) groups is 1. The minimum Gasteiger partial charge on any atom is -0.371 e. The van der Waals surface area contributed by atoms with E-state index >= 15 is 0 Å². The highest BCUT2D eigenvalue weighted by molar-refractivity contribution is 5.93. The molecule has 2 aromatic rings. The summed E-state index contributed by atoms with van der Waals surface area (Å²) in [5, 5.41) is 29.9. The number of anilines is 2. The van der Waals surface area contributed by atoms with Gasteiger partial charge in [0, 0.05) is 32.2 Å². The number of amides is 1. The Morgan fingerprint density at radius 2 is 1.91 bits per heavy atom. The fourth-order valence-corrected chi connectivity index (χ4v) is 3.28. The molecule has 0 aliphatic carbocycles. The summed E-state index contributed by atoms with van der Waals surface area (Å²) < 4.78 is 1.47. The van der Waals surface area contributed by atoms with Gasteiger partial charge in [-0.15, -0.1) is 16.8 Å². The molecule has 0 saturated carbocycles. The van der Waals surface area contributed by atoms with Crippen LogP contribution in [0, 0.1) is 22.7 Å². The molecule has 9 nitrogen and oxygen atoms in total. The summed E-state index contributed by atoms with van der Waals surface area (Å²) in [5.74, 6) is -0.0997. The number of benzene rings is 1. The van der Waals surface area contributed by atoms with Gasteiger partial charge in [0.05, 0.1) is 5.69 Å². The van der Waals surface area contributed by atoms with Gasteiger partial charge in [-0.1, -0.05) is 32.8 Å².